The third-order valence-corrected chi connectivity index (χ3v) is 3.10. The first-order valence-electron chi connectivity index (χ1n) is 5.33. The Hall–Kier alpha value is -1.03. The van der Waals surface area contributed by atoms with E-state index in [-0.39, 0.29) is 6.42 Å². The number of rotatable bonds is 4. The van der Waals surface area contributed by atoms with E-state index in [0.29, 0.717) is 5.56 Å². The first-order valence-corrected chi connectivity index (χ1v) is 5.33. The van der Waals surface area contributed by atoms with Crippen molar-refractivity contribution >= 4 is 0 Å². The van der Waals surface area contributed by atoms with Gasteiger partial charge in [0.2, 0.25) is 6.43 Å². The lowest BCUT2D eigenvalue weighted by molar-refractivity contribution is 0.105. The Morgan fingerprint density at radius 1 is 1.31 bits per heavy atom. The Morgan fingerprint density at radius 2 is 2.00 bits per heavy atom. The zero-order valence-electron chi connectivity index (χ0n) is 8.80. The van der Waals surface area contributed by atoms with Crippen LogP contribution in [0.15, 0.2) is 24.3 Å². The van der Waals surface area contributed by atoms with E-state index in [1.807, 2.05) is 0 Å². The maximum Gasteiger partial charge on any atom is 0.245 e. The van der Waals surface area contributed by atoms with Crippen molar-refractivity contribution in [3.8, 4) is 0 Å². The predicted octanol–water partition coefficient (Wildman–Crippen LogP) is 3.06. The van der Waals surface area contributed by atoms with Crippen molar-refractivity contribution in [1.29, 1.82) is 0 Å². The molecule has 0 radical (unpaired) electrons. The number of hydrogen-bond acceptors (Lipinski definition) is 1. The van der Waals surface area contributed by atoms with Gasteiger partial charge >= 0.3 is 0 Å². The first-order chi connectivity index (χ1) is 7.50. The van der Waals surface area contributed by atoms with Gasteiger partial charge in [-0.25, -0.2) is 13.2 Å². The average molecular weight is 229 g/mol. The van der Waals surface area contributed by atoms with E-state index in [2.05, 4.69) is 0 Å². The summed E-state index contributed by atoms with van der Waals surface area (Å²) < 4.78 is 38.8. The Bertz CT molecular complexity index is 374. The minimum absolute atomic E-state index is 0.230. The highest BCUT2D eigenvalue weighted by Gasteiger charge is 2.42. The van der Waals surface area contributed by atoms with Crippen molar-refractivity contribution in [2.75, 3.05) is 0 Å². The molecule has 4 heteroatoms. The molecule has 16 heavy (non-hydrogen) atoms. The molecule has 0 amide bonds. The van der Waals surface area contributed by atoms with Crippen LogP contribution in [0.2, 0.25) is 0 Å². The van der Waals surface area contributed by atoms with Crippen molar-refractivity contribution in [3.05, 3.63) is 35.6 Å². The molecule has 0 heterocycles. The molecular weight excluding hydrogens is 215 g/mol. The van der Waals surface area contributed by atoms with Gasteiger partial charge in [0.1, 0.15) is 5.82 Å². The molecule has 1 aliphatic rings. The molecule has 1 aromatic rings. The summed E-state index contributed by atoms with van der Waals surface area (Å²) in [5, 5.41) is 0. The van der Waals surface area contributed by atoms with Crippen LogP contribution in [0.4, 0.5) is 13.2 Å². The van der Waals surface area contributed by atoms with Crippen LogP contribution in [-0.4, -0.2) is 12.0 Å². The second-order valence-electron chi connectivity index (χ2n) is 4.56. The largest absolute Gasteiger partial charge is 0.325 e. The van der Waals surface area contributed by atoms with E-state index < -0.39 is 23.7 Å². The minimum Gasteiger partial charge on any atom is -0.325 e. The molecule has 0 saturated heterocycles. The summed E-state index contributed by atoms with van der Waals surface area (Å²) in [6.45, 7) is 0. The van der Waals surface area contributed by atoms with Gasteiger partial charge in [-0.2, -0.15) is 0 Å². The second-order valence-corrected chi connectivity index (χ2v) is 4.56. The smallest absolute Gasteiger partial charge is 0.245 e. The highest BCUT2D eigenvalue weighted by molar-refractivity contribution is 5.23. The SMILES string of the molecule is NC1(CC(c2cccc(F)c2)C(F)F)CC1. The standard InChI is InChI=1S/C12H14F3N/c13-9-3-1-2-8(6-9)10(11(14)15)7-12(16)4-5-12/h1-3,6,10-11H,4-5,7,16H2. The van der Waals surface area contributed by atoms with Crippen LogP contribution >= 0.6 is 0 Å². The van der Waals surface area contributed by atoms with Crippen LogP contribution in [0.25, 0.3) is 0 Å². The summed E-state index contributed by atoms with van der Waals surface area (Å²) in [4.78, 5) is 0. The molecule has 1 saturated carbocycles. The maximum atomic E-state index is 13.0. The van der Waals surface area contributed by atoms with Crippen LogP contribution in [0.5, 0.6) is 0 Å². The highest BCUT2D eigenvalue weighted by atomic mass is 19.3. The zero-order valence-corrected chi connectivity index (χ0v) is 8.80. The van der Waals surface area contributed by atoms with Crippen molar-refractivity contribution in [2.24, 2.45) is 5.73 Å². The van der Waals surface area contributed by atoms with E-state index in [0.717, 1.165) is 12.8 Å². The van der Waals surface area contributed by atoms with Crippen LogP contribution < -0.4 is 5.73 Å². The lowest BCUT2D eigenvalue weighted by Gasteiger charge is -2.20. The average Bonchev–Trinajstić information content (AvgIpc) is 2.93. The fraction of sp³-hybridized carbons (Fsp3) is 0.500. The summed E-state index contributed by atoms with van der Waals surface area (Å²) in [6, 6.07) is 5.41. The first kappa shape index (κ1) is 11.5. The van der Waals surface area contributed by atoms with Gasteiger partial charge in [0.15, 0.2) is 0 Å². The van der Waals surface area contributed by atoms with Gasteiger partial charge in [-0.15, -0.1) is 0 Å². The molecule has 2 N–H and O–H groups in total. The number of nitrogens with two attached hydrogens (primary N) is 1. The van der Waals surface area contributed by atoms with E-state index >= 15 is 0 Å². The number of halogens is 3. The van der Waals surface area contributed by atoms with Crippen LogP contribution in [0.1, 0.15) is 30.7 Å². The molecule has 0 bridgehead atoms. The van der Waals surface area contributed by atoms with Gasteiger partial charge in [0, 0.05) is 11.5 Å². The van der Waals surface area contributed by atoms with Crippen LogP contribution in [0, 0.1) is 5.82 Å². The van der Waals surface area contributed by atoms with Gasteiger partial charge in [0.25, 0.3) is 0 Å². The molecule has 1 unspecified atom stereocenters. The topological polar surface area (TPSA) is 26.0 Å². The Balaban J connectivity index is 2.18. The van der Waals surface area contributed by atoms with Gasteiger partial charge in [-0.05, 0) is 37.0 Å². The van der Waals surface area contributed by atoms with Crippen molar-refractivity contribution in [1.82, 2.24) is 0 Å². The second kappa shape index (κ2) is 4.09. The summed E-state index contributed by atoms with van der Waals surface area (Å²) >= 11 is 0. The van der Waals surface area contributed by atoms with Crippen molar-refractivity contribution < 1.29 is 13.2 Å². The highest BCUT2D eigenvalue weighted by Crippen LogP contribution is 2.43. The van der Waals surface area contributed by atoms with E-state index in [1.54, 1.807) is 0 Å². The number of alkyl halides is 2. The normalized spacial score (nSPS) is 19.8. The van der Waals surface area contributed by atoms with Crippen molar-refractivity contribution in [3.63, 3.8) is 0 Å². The molecular formula is C12H14F3N. The van der Waals surface area contributed by atoms with Crippen LogP contribution in [-0.2, 0) is 0 Å². The lowest BCUT2D eigenvalue weighted by atomic mass is 9.91. The van der Waals surface area contributed by atoms with Crippen molar-refractivity contribution in [2.45, 2.75) is 37.1 Å². The molecule has 0 spiro atoms. The Kier molecular flexibility index (Phi) is 2.93. The fourth-order valence-corrected chi connectivity index (χ4v) is 1.89. The molecule has 0 aromatic heterocycles. The zero-order chi connectivity index (χ0) is 11.8. The molecule has 0 aliphatic heterocycles. The van der Waals surface area contributed by atoms with E-state index in [4.69, 9.17) is 5.73 Å². The minimum atomic E-state index is -2.50. The molecule has 88 valence electrons. The molecule has 2 rings (SSSR count). The third-order valence-electron chi connectivity index (χ3n) is 3.10. The quantitative estimate of drug-likeness (QED) is 0.843. The Labute approximate surface area is 92.5 Å². The number of benzene rings is 1. The maximum absolute atomic E-state index is 13.0. The summed E-state index contributed by atoms with van der Waals surface area (Å²) in [5.41, 5.74) is 5.72. The third kappa shape index (κ3) is 2.55. The van der Waals surface area contributed by atoms with Crippen LogP contribution in [0.3, 0.4) is 0 Å². The monoisotopic (exact) mass is 229 g/mol. The molecule has 1 nitrogen and oxygen atoms in total. The van der Waals surface area contributed by atoms with Gasteiger partial charge in [-0.3, -0.25) is 0 Å². The summed E-state index contributed by atoms with van der Waals surface area (Å²) in [7, 11) is 0. The molecule has 1 aliphatic carbocycles. The lowest BCUT2D eigenvalue weighted by Crippen LogP contribution is -2.27. The number of hydrogen-bond donors (Lipinski definition) is 1. The summed E-state index contributed by atoms with van der Waals surface area (Å²) in [5.74, 6) is -1.44. The van der Waals surface area contributed by atoms with E-state index in [9.17, 15) is 13.2 Å². The summed E-state index contributed by atoms with van der Waals surface area (Å²) in [6.07, 6.45) is -0.701. The van der Waals surface area contributed by atoms with Gasteiger partial charge in [-0.1, -0.05) is 12.1 Å². The fourth-order valence-electron chi connectivity index (χ4n) is 1.89. The predicted molar refractivity (Wildman–Crippen MR) is 55.9 cm³/mol. The Morgan fingerprint density at radius 3 is 2.50 bits per heavy atom. The van der Waals surface area contributed by atoms with E-state index in [1.165, 1.54) is 24.3 Å². The molecule has 1 fully saturated rings. The van der Waals surface area contributed by atoms with Gasteiger partial charge in [0.05, 0.1) is 0 Å². The molecule has 1 aromatic carbocycles. The molecule has 1 atom stereocenters. The van der Waals surface area contributed by atoms with Gasteiger partial charge < -0.3 is 5.73 Å².